The molecule has 1 aromatic heterocycles. The van der Waals surface area contributed by atoms with Crippen LogP contribution in [0.3, 0.4) is 0 Å². The smallest absolute Gasteiger partial charge is 0.0541 e. The Labute approximate surface area is 64.6 Å². The van der Waals surface area contributed by atoms with Gasteiger partial charge in [-0.05, 0) is 0 Å². The summed E-state index contributed by atoms with van der Waals surface area (Å²) in [5.74, 6) is 0. The van der Waals surface area contributed by atoms with E-state index in [0.29, 0.717) is 6.04 Å². The summed E-state index contributed by atoms with van der Waals surface area (Å²) in [6, 6.07) is 0.525. The molecule has 0 amide bonds. The van der Waals surface area contributed by atoms with Crippen LogP contribution in [0.1, 0.15) is 17.3 Å². The third-order valence-electron chi connectivity index (χ3n) is 2.51. The normalized spacial score (nSPS) is 33.8. The van der Waals surface area contributed by atoms with E-state index in [-0.39, 0.29) is 0 Å². The molecule has 4 heteroatoms. The van der Waals surface area contributed by atoms with Gasteiger partial charge in [-0.2, -0.15) is 5.10 Å². The third-order valence-corrected chi connectivity index (χ3v) is 2.51. The maximum absolute atomic E-state index is 4.03. The van der Waals surface area contributed by atoms with Crippen molar-refractivity contribution in [2.45, 2.75) is 12.6 Å². The first-order valence-corrected chi connectivity index (χ1v) is 3.91. The lowest BCUT2D eigenvalue weighted by atomic mass is 10.1. The number of nitrogens with zero attached hydrogens (tertiary/aromatic N) is 2. The van der Waals surface area contributed by atoms with Crippen molar-refractivity contribution in [1.82, 2.24) is 20.4 Å². The molecule has 1 fully saturated rings. The van der Waals surface area contributed by atoms with Crippen LogP contribution in [0.2, 0.25) is 0 Å². The summed E-state index contributed by atoms with van der Waals surface area (Å²) in [6.07, 6.45) is 1.94. The molecular formula is C7H10N4. The first-order chi connectivity index (χ1) is 5.43. The molecule has 0 radical (unpaired) electrons. The molecule has 0 spiro atoms. The van der Waals surface area contributed by atoms with E-state index < -0.39 is 0 Å². The Morgan fingerprint density at radius 3 is 3.64 bits per heavy atom. The summed E-state index contributed by atoms with van der Waals surface area (Å²) < 4.78 is 0. The number of aromatic amines is 1. The second kappa shape index (κ2) is 1.84. The van der Waals surface area contributed by atoms with Gasteiger partial charge in [0.1, 0.15) is 0 Å². The van der Waals surface area contributed by atoms with Gasteiger partial charge in [0, 0.05) is 31.4 Å². The summed E-state index contributed by atoms with van der Waals surface area (Å²) in [5.41, 5.74) is 2.64. The van der Waals surface area contributed by atoms with Crippen molar-refractivity contribution in [2.24, 2.45) is 0 Å². The summed E-state index contributed by atoms with van der Waals surface area (Å²) in [7, 11) is 0. The van der Waals surface area contributed by atoms with Crippen LogP contribution in [0.15, 0.2) is 6.20 Å². The van der Waals surface area contributed by atoms with Crippen molar-refractivity contribution in [3.8, 4) is 0 Å². The third kappa shape index (κ3) is 0.680. The van der Waals surface area contributed by atoms with Gasteiger partial charge in [0.25, 0.3) is 0 Å². The molecule has 0 aliphatic carbocycles. The fourth-order valence-corrected chi connectivity index (χ4v) is 1.93. The van der Waals surface area contributed by atoms with E-state index in [2.05, 4.69) is 20.4 Å². The van der Waals surface area contributed by atoms with Crippen molar-refractivity contribution in [3.05, 3.63) is 17.5 Å². The van der Waals surface area contributed by atoms with E-state index in [1.54, 1.807) is 0 Å². The van der Waals surface area contributed by atoms with Gasteiger partial charge in [-0.15, -0.1) is 0 Å². The zero-order valence-corrected chi connectivity index (χ0v) is 6.17. The van der Waals surface area contributed by atoms with E-state index in [9.17, 15) is 0 Å². The first kappa shape index (κ1) is 5.74. The number of rotatable bonds is 0. The van der Waals surface area contributed by atoms with Gasteiger partial charge in [-0.1, -0.05) is 0 Å². The molecule has 3 rings (SSSR count). The first-order valence-electron chi connectivity index (χ1n) is 3.91. The van der Waals surface area contributed by atoms with Gasteiger partial charge in [-0.3, -0.25) is 15.3 Å². The van der Waals surface area contributed by atoms with Crippen molar-refractivity contribution < 1.29 is 0 Å². The fraction of sp³-hybridized carbons (Fsp3) is 0.571. The second-order valence-electron chi connectivity index (χ2n) is 3.23. The van der Waals surface area contributed by atoms with Gasteiger partial charge in [-0.25, -0.2) is 0 Å². The van der Waals surface area contributed by atoms with Crippen LogP contribution in [0.5, 0.6) is 0 Å². The zero-order chi connectivity index (χ0) is 7.26. The predicted octanol–water partition coefficient (Wildman–Crippen LogP) is -0.173. The quantitative estimate of drug-likeness (QED) is 0.539. The van der Waals surface area contributed by atoms with Crippen LogP contribution in [0.25, 0.3) is 0 Å². The minimum Gasteiger partial charge on any atom is -0.296 e. The summed E-state index contributed by atoms with van der Waals surface area (Å²) in [4.78, 5) is 2.38. The number of nitrogens with one attached hydrogen (secondary N) is 2. The Balaban J connectivity index is 2.12. The van der Waals surface area contributed by atoms with Crippen LogP contribution >= 0.6 is 0 Å². The minimum atomic E-state index is 0.525. The average molecular weight is 150 g/mol. The number of hydrogen-bond donors (Lipinski definition) is 2. The molecular weight excluding hydrogens is 140 g/mol. The molecule has 0 saturated carbocycles. The molecule has 58 valence electrons. The van der Waals surface area contributed by atoms with Crippen LogP contribution in [-0.4, -0.2) is 28.3 Å². The lowest BCUT2D eigenvalue weighted by Crippen LogP contribution is -2.24. The maximum atomic E-state index is 4.03. The molecule has 2 atom stereocenters. The topological polar surface area (TPSA) is 44.0 Å². The molecule has 2 unspecified atom stereocenters. The molecule has 2 aliphatic heterocycles. The minimum absolute atomic E-state index is 0.525. The van der Waals surface area contributed by atoms with Gasteiger partial charge < -0.3 is 0 Å². The van der Waals surface area contributed by atoms with Crippen molar-refractivity contribution in [1.29, 1.82) is 0 Å². The molecule has 2 aliphatic rings. The molecule has 4 nitrogen and oxygen atoms in total. The van der Waals surface area contributed by atoms with E-state index in [1.165, 1.54) is 11.3 Å². The van der Waals surface area contributed by atoms with Crippen LogP contribution < -0.4 is 5.32 Å². The lowest BCUT2D eigenvalue weighted by molar-refractivity contribution is 0.308. The number of aromatic nitrogens is 2. The number of hydrogen-bond acceptors (Lipinski definition) is 3. The summed E-state index contributed by atoms with van der Waals surface area (Å²) in [5, 5.41) is 10.5. The molecule has 2 bridgehead atoms. The lowest BCUT2D eigenvalue weighted by Gasteiger charge is -2.19. The van der Waals surface area contributed by atoms with E-state index in [1.807, 2.05) is 6.20 Å². The Hall–Kier alpha value is -0.870. The summed E-state index contributed by atoms with van der Waals surface area (Å²) in [6.45, 7) is 3.19. The fourth-order valence-electron chi connectivity index (χ4n) is 1.93. The van der Waals surface area contributed by atoms with Crippen LogP contribution in [0, 0.1) is 0 Å². The molecule has 1 saturated heterocycles. The molecule has 2 N–H and O–H groups in total. The predicted molar refractivity (Wildman–Crippen MR) is 39.7 cm³/mol. The van der Waals surface area contributed by atoms with Gasteiger partial charge in [0.15, 0.2) is 0 Å². The molecule has 0 aromatic carbocycles. The van der Waals surface area contributed by atoms with Gasteiger partial charge in [0.2, 0.25) is 0 Å². The van der Waals surface area contributed by atoms with Crippen molar-refractivity contribution >= 4 is 0 Å². The highest BCUT2D eigenvalue weighted by atomic mass is 15.3. The maximum Gasteiger partial charge on any atom is 0.0541 e. The van der Waals surface area contributed by atoms with E-state index in [0.717, 1.165) is 19.8 Å². The second-order valence-corrected chi connectivity index (χ2v) is 3.23. The number of fused-ring (bicyclic) bond motifs is 4. The SMILES string of the molecule is c1n[nH]c2c1C1CN(CN1)C2. The highest BCUT2D eigenvalue weighted by Gasteiger charge is 2.31. The van der Waals surface area contributed by atoms with E-state index in [4.69, 9.17) is 0 Å². The Morgan fingerprint density at radius 2 is 2.64 bits per heavy atom. The van der Waals surface area contributed by atoms with Gasteiger partial charge in [0.05, 0.1) is 11.9 Å². The zero-order valence-electron chi connectivity index (χ0n) is 6.17. The van der Waals surface area contributed by atoms with Crippen LogP contribution in [-0.2, 0) is 6.54 Å². The number of H-pyrrole nitrogens is 1. The van der Waals surface area contributed by atoms with Gasteiger partial charge >= 0.3 is 0 Å². The highest BCUT2D eigenvalue weighted by molar-refractivity contribution is 5.25. The van der Waals surface area contributed by atoms with Crippen molar-refractivity contribution in [3.63, 3.8) is 0 Å². The van der Waals surface area contributed by atoms with E-state index >= 15 is 0 Å². The Kier molecular flexibility index (Phi) is 0.958. The van der Waals surface area contributed by atoms with Crippen LogP contribution in [0.4, 0.5) is 0 Å². The highest BCUT2D eigenvalue weighted by Crippen LogP contribution is 2.27. The Bertz CT molecular complexity index is 280. The van der Waals surface area contributed by atoms with Crippen molar-refractivity contribution in [2.75, 3.05) is 13.2 Å². The Morgan fingerprint density at radius 1 is 1.64 bits per heavy atom. The average Bonchev–Trinajstić information content (AvgIpc) is 2.58. The molecule has 11 heavy (non-hydrogen) atoms. The monoisotopic (exact) mass is 150 g/mol. The summed E-state index contributed by atoms with van der Waals surface area (Å²) >= 11 is 0. The molecule has 1 aromatic rings. The standard InChI is InChI=1S/C7H10N4/c1-5-6-2-11(4-8-6)3-7(5)10-9-1/h1,6,8H,2-4H2,(H,9,10). The largest absolute Gasteiger partial charge is 0.296 e. The molecule has 3 heterocycles.